The van der Waals surface area contributed by atoms with Gasteiger partial charge in [0.1, 0.15) is 0 Å². The molecule has 1 aliphatic rings. The molecule has 1 saturated carbocycles. The minimum Gasteiger partial charge on any atom is -0.348 e. The molecule has 1 N–H and O–H groups in total. The van der Waals surface area contributed by atoms with Gasteiger partial charge in [-0.2, -0.15) is 0 Å². The van der Waals surface area contributed by atoms with Gasteiger partial charge < -0.3 is 14.8 Å². The highest BCUT2D eigenvalue weighted by molar-refractivity contribution is 5.30. The monoisotopic (exact) mass is 292 g/mol. The van der Waals surface area contributed by atoms with Gasteiger partial charge in [0.2, 0.25) is 5.95 Å². The van der Waals surface area contributed by atoms with E-state index < -0.39 is 0 Å². The fourth-order valence-corrected chi connectivity index (χ4v) is 3.69. The fourth-order valence-electron chi connectivity index (χ4n) is 3.69. The lowest BCUT2D eigenvalue weighted by Crippen LogP contribution is -2.42. The van der Waals surface area contributed by atoms with Crippen LogP contribution in [0.15, 0.2) is 6.20 Å². The highest BCUT2D eigenvalue weighted by Gasteiger charge is 2.30. The molecule has 1 aromatic heterocycles. The Balaban J connectivity index is 2.00. The first kappa shape index (κ1) is 16.3. The molecule has 4 heteroatoms. The quantitative estimate of drug-likeness (QED) is 0.905. The van der Waals surface area contributed by atoms with Crippen LogP contribution in [0.1, 0.15) is 45.7 Å². The smallest absolute Gasteiger partial charge is 0.204 e. The number of nitrogens with zero attached hydrogens (tertiary/aromatic N) is 3. The predicted octanol–water partition coefficient (Wildman–Crippen LogP) is 3.04. The third-order valence-electron chi connectivity index (χ3n) is 5.03. The second-order valence-electron chi connectivity index (χ2n) is 7.32. The second kappa shape index (κ2) is 6.82. The zero-order chi connectivity index (χ0) is 15.6. The molecule has 1 aromatic rings. The van der Waals surface area contributed by atoms with E-state index in [4.69, 9.17) is 0 Å². The van der Waals surface area contributed by atoms with E-state index in [-0.39, 0.29) is 0 Å². The molecule has 0 radical (unpaired) electrons. The Morgan fingerprint density at radius 2 is 2.10 bits per heavy atom. The number of imidazole rings is 1. The molecule has 0 saturated heterocycles. The molecule has 3 unspecified atom stereocenters. The van der Waals surface area contributed by atoms with Crippen LogP contribution in [-0.2, 0) is 13.6 Å². The summed E-state index contributed by atoms with van der Waals surface area (Å²) in [6, 6.07) is 0.645. The van der Waals surface area contributed by atoms with Crippen molar-refractivity contribution in [3.63, 3.8) is 0 Å². The van der Waals surface area contributed by atoms with Crippen molar-refractivity contribution in [1.82, 2.24) is 14.9 Å². The maximum absolute atomic E-state index is 4.50. The predicted molar refractivity (Wildman–Crippen MR) is 89.5 cm³/mol. The van der Waals surface area contributed by atoms with Crippen LogP contribution >= 0.6 is 0 Å². The minimum absolute atomic E-state index is 0.645. The lowest BCUT2D eigenvalue weighted by molar-refractivity contribution is 0.168. The zero-order valence-electron chi connectivity index (χ0n) is 14.6. The topological polar surface area (TPSA) is 33.1 Å². The number of anilines is 1. The Labute approximate surface area is 129 Å². The van der Waals surface area contributed by atoms with Gasteiger partial charge in [0.05, 0.1) is 11.9 Å². The largest absolute Gasteiger partial charge is 0.348 e. The molecule has 0 bridgehead atoms. The average Bonchev–Trinajstić information content (AvgIpc) is 2.77. The molecular formula is C17H32N4. The van der Waals surface area contributed by atoms with E-state index in [1.165, 1.54) is 25.0 Å². The van der Waals surface area contributed by atoms with E-state index in [1.54, 1.807) is 0 Å². The summed E-state index contributed by atoms with van der Waals surface area (Å²) in [5.74, 6) is 3.44. The van der Waals surface area contributed by atoms with Gasteiger partial charge in [-0.3, -0.25) is 0 Å². The van der Waals surface area contributed by atoms with Crippen LogP contribution in [0, 0.1) is 17.8 Å². The first-order chi connectivity index (χ1) is 9.90. The van der Waals surface area contributed by atoms with Crippen molar-refractivity contribution in [3.05, 3.63) is 11.9 Å². The third-order valence-corrected chi connectivity index (χ3v) is 5.03. The lowest BCUT2D eigenvalue weighted by Gasteiger charge is -2.38. The standard InChI is InChI=1S/C17H32N4/c1-12(2)15-8-7-13(3)9-16(15)18-10-14-11-19-17(20(4)5)21(14)6/h11-13,15-16,18H,7-10H2,1-6H3. The second-order valence-corrected chi connectivity index (χ2v) is 7.32. The zero-order valence-corrected chi connectivity index (χ0v) is 14.6. The van der Waals surface area contributed by atoms with E-state index in [2.05, 4.69) is 47.6 Å². The number of rotatable bonds is 5. The maximum atomic E-state index is 4.50. The van der Waals surface area contributed by atoms with E-state index >= 15 is 0 Å². The third kappa shape index (κ3) is 3.79. The molecule has 21 heavy (non-hydrogen) atoms. The van der Waals surface area contributed by atoms with Gasteiger partial charge in [0, 0.05) is 33.7 Å². The molecule has 0 spiro atoms. The Morgan fingerprint density at radius 1 is 1.38 bits per heavy atom. The van der Waals surface area contributed by atoms with Gasteiger partial charge in [-0.05, 0) is 30.6 Å². The van der Waals surface area contributed by atoms with Crippen LogP contribution in [0.2, 0.25) is 0 Å². The number of aromatic nitrogens is 2. The van der Waals surface area contributed by atoms with E-state index in [0.717, 1.165) is 30.2 Å². The first-order valence-corrected chi connectivity index (χ1v) is 8.31. The highest BCUT2D eigenvalue weighted by atomic mass is 15.3. The van der Waals surface area contributed by atoms with Gasteiger partial charge in [0.15, 0.2) is 0 Å². The Bertz CT molecular complexity index is 450. The first-order valence-electron chi connectivity index (χ1n) is 8.31. The Morgan fingerprint density at radius 3 is 2.67 bits per heavy atom. The molecule has 1 fully saturated rings. The normalized spacial score (nSPS) is 26.3. The van der Waals surface area contributed by atoms with E-state index in [9.17, 15) is 0 Å². The SMILES string of the molecule is CC1CCC(C(C)C)C(NCc2cnc(N(C)C)n2C)C1. The van der Waals surface area contributed by atoms with Gasteiger partial charge in [0.25, 0.3) is 0 Å². The molecule has 120 valence electrons. The fraction of sp³-hybridized carbons (Fsp3) is 0.824. The van der Waals surface area contributed by atoms with Crippen molar-refractivity contribution >= 4 is 5.95 Å². The van der Waals surface area contributed by atoms with Crippen molar-refractivity contribution in [1.29, 1.82) is 0 Å². The Kier molecular flexibility index (Phi) is 5.31. The average molecular weight is 292 g/mol. The molecule has 2 rings (SSSR count). The molecule has 0 aromatic carbocycles. The lowest BCUT2D eigenvalue weighted by atomic mass is 9.74. The molecular weight excluding hydrogens is 260 g/mol. The van der Waals surface area contributed by atoms with Gasteiger partial charge in [-0.15, -0.1) is 0 Å². The summed E-state index contributed by atoms with van der Waals surface area (Å²) < 4.78 is 2.18. The summed E-state index contributed by atoms with van der Waals surface area (Å²) in [5.41, 5.74) is 1.26. The van der Waals surface area contributed by atoms with E-state index in [1.807, 2.05) is 20.3 Å². The summed E-state index contributed by atoms with van der Waals surface area (Å²) in [7, 11) is 6.18. The van der Waals surface area contributed by atoms with Crippen LogP contribution in [0.5, 0.6) is 0 Å². The molecule has 0 aliphatic heterocycles. The van der Waals surface area contributed by atoms with Gasteiger partial charge >= 0.3 is 0 Å². The molecule has 3 atom stereocenters. The maximum Gasteiger partial charge on any atom is 0.204 e. The summed E-state index contributed by atoms with van der Waals surface area (Å²) in [6.07, 6.45) is 6.06. The number of nitrogens with one attached hydrogen (secondary N) is 1. The highest BCUT2D eigenvalue weighted by Crippen LogP contribution is 2.33. The summed E-state index contributed by atoms with van der Waals surface area (Å²) in [4.78, 5) is 6.56. The van der Waals surface area contributed by atoms with Crippen molar-refractivity contribution in [2.45, 2.75) is 52.6 Å². The summed E-state index contributed by atoms with van der Waals surface area (Å²) >= 11 is 0. The number of hydrogen-bond donors (Lipinski definition) is 1. The number of hydrogen-bond acceptors (Lipinski definition) is 3. The molecule has 1 aliphatic carbocycles. The van der Waals surface area contributed by atoms with Crippen LogP contribution < -0.4 is 10.2 Å². The minimum atomic E-state index is 0.645. The van der Waals surface area contributed by atoms with Crippen LogP contribution in [0.25, 0.3) is 0 Å². The van der Waals surface area contributed by atoms with Crippen molar-refractivity contribution < 1.29 is 0 Å². The van der Waals surface area contributed by atoms with Gasteiger partial charge in [-0.1, -0.05) is 27.2 Å². The molecule has 0 amide bonds. The summed E-state index contributed by atoms with van der Waals surface area (Å²) in [5, 5.41) is 3.81. The van der Waals surface area contributed by atoms with Crippen LogP contribution in [-0.4, -0.2) is 29.7 Å². The van der Waals surface area contributed by atoms with Crippen molar-refractivity contribution in [2.24, 2.45) is 24.8 Å². The van der Waals surface area contributed by atoms with Crippen molar-refractivity contribution in [3.8, 4) is 0 Å². The van der Waals surface area contributed by atoms with E-state index in [0.29, 0.717) is 6.04 Å². The van der Waals surface area contributed by atoms with Crippen LogP contribution in [0.3, 0.4) is 0 Å². The summed E-state index contributed by atoms with van der Waals surface area (Å²) in [6.45, 7) is 8.03. The van der Waals surface area contributed by atoms with Gasteiger partial charge in [-0.25, -0.2) is 4.98 Å². The Hall–Kier alpha value is -1.03. The van der Waals surface area contributed by atoms with Crippen LogP contribution in [0.4, 0.5) is 5.95 Å². The molecule has 1 heterocycles. The van der Waals surface area contributed by atoms with Crippen molar-refractivity contribution in [2.75, 3.05) is 19.0 Å². The molecule has 4 nitrogen and oxygen atoms in total.